The molecule has 4 heteroatoms. The molecule has 0 radical (unpaired) electrons. The molecule has 2 nitrogen and oxygen atoms in total. The van der Waals surface area contributed by atoms with E-state index < -0.39 is 5.82 Å². The van der Waals surface area contributed by atoms with Gasteiger partial charge in [-0.15, -0.1) is 0 Å². The Balaban J connectivity index is 2.01. The van der Waals surface area contributed by atoms with Gasteiger partial charge in [-0.3, -0.25) is 4.79 Å². The van der Waals surface area contributed by atoms with Crippen LogP contribution in [0.2, 0.25) is 0 Å². The monoisotopic (exact) mass is 348 g/mol. The Hall–Kier alpha value is -1.68. The van der Waals surface area contributed by atoms with Gasteiger partial charge in [0.15, 0.2) is 5.78 Å². The second-order valence-electron chi connectivity index (χ2n) is 5.84. The Morgan fingerprint density at radius 2 is 1.86 bits per heavy atom. The zero-order chi connectivity index (χ0) is 15.2. The van der Waals surface area contributed by atoms with Crippen molar-refractivity contribution in [1.82, 2.24) is 0 Å². The highest BCUT2D eigenvalue weighted by Gasteiger charge is 2.32. The molecular weight excluding hydrogens is 335 g/mol. The van der Waals surface area contributed by atoms with Crippen LogP contribution in [-0.2, 0) is 5.41 Å². The van der Waals surface area contributed by atoms with Gasteiger partial charge >= 0.3 is 0 Å². The Labute approximate surface area is 131 Å². The summed E-state index contributed by atoms with van der Waals surface area (Å²) in [7, 11) is 0. The Kier molecular flexibility index (Phi) is 3.36. The zero-order valence-electron chi connectivity index (χ0n) is 11.7. The Bertz CT molecular complexity index is 738. The summed E-state index contributed by atoms with van der Waals surface area (Å²) in [4.78, 5) is 12.5. The highest BCUT2D eigenvalue weighted by atomic mass is 79.9. The van der Waals surface area contributed by atoms with E-state index in [4.69, 9.17) is 4.74 Å². The number of hydrogen-bond donors (Lipinski definition) is 0. The van der Waals surface area contributed by atoms with E-state index in [0.717, 1.165) is 11.3 Å². The molecular formula is C17H14BrFO2. The molecule has 1 aliphatic heterocycles. The van der Waals surface area contributed by atoms with Crippen molar-refractivity contribution in [1.29, 1.82) is 0 Å². The lowest BCUT2D eigenvalue weighted by molar-refractivity contribution is 0.103. The summed E-state index contributed by atoms with van der Waals surface area (Å²) >= 11 is 3.09. The van der Waals surface area contributed by atoms with E-state index in [1.54, 1.807) is 18.2 Å². The lowest BCUT2D eigenvalue weighted by Crippen LogP contribution is -2.18. The molecule has 0 N–H and O–H groups in total. The lowest BCUT2D eigenvalue weighted by atomic mass is 9.85. The molecule has 0 fully saturated rings. The van der Waals surface area contributed by atoms with Crippen molar-refractivity contribution >= 4 is 21.7 Å². The summed E-state index contributed by atoms with van der Waals surface area (Å²) in [5, 5.41) is 0. The number of rotatable bonds is 2. The highest BCUT2D eigenvalue weighted by molar-refractivity contribution is 9.10. The molecule has 2 aromatic carbocycles. The SMILES string of the molecule is CC1(C)COc2ccc(C(=O)c3ccc(Br)c(F)c3)cc21. The van der Waals surface area contributed by atoms with Crippen molar-refractivity contribution in [3.8, 4) is 5.75 Å². The summed E-state index contributed by atoms with van der Waals surface area (Å²) in [6.07, 6.45) is 0. The Morgan fingerprint density at radius 3 is 2.57 bits per heavy atom. The fraction of sp³-hybridized carbons (Fsp3) is 0.235. The van der Waals surface area contributed by atoms with Gasteiger partial charge in [0, 0.05) is 22.1 Å². The number of carbonyl (C=O) groups is 1. The maximum atomic E-state index is 13.6. The second kappa shape index (κ2) is 4.95. The third-order valence-electron chi connectivity index (χ3n) is 3.74. The van der Waals surface area contributed by atoms with Crippen LogP contribution in [-0.4, -0.2) is 12.4 Å². The molecule has 0 bridgehead atoms. The minimum atomic E-state index is -0.439. The van der Waals surface area contributed by atoms with Gasteiger partial charge in [-0.1, -0.05) is 13.8 Å². The van der Waals surface area contributed by atoms with E-state index in [0.29, 0.717) is 22.2 Å². The maximum Gasteiger partial charge on any atom is 0.193 e. The normalized spacial score (nSPS) is 15.4. The summed E-state index contributed by atoms with van der Waals surface area (Å²) in [6.45, 7) is 4.76. The van der Waals surface area contributed by atoms with E-state index in [2.05, 4.69) is 29.8 Å². The average molecular weight is 349 g/mol. The fourth-order valence-corrected chi connectivity index (χ4v) is 2.71. The summed E-state index contributed by atoms with van der Waals surface area (Å²) in [5.41, 5.74) is 1.80. The van der Waals surface area contributed by atoms with Gasteiger partial charge in [-0.25, -0.2) is 4.39 Å². The molecule has 0 saturated carbocycles. The highest BCUT2D eigenvalue weighted by Crippen LogP contribution is 2.39. The summed E-state index contributed by atoms with van der Waals surface area (Å²) in [5.74, 6) is 0.191. The predicted molar refractivity (Wildman–Crippen MR) is 82.5 cm³/mol. The van der Waals surface area contributed by atoms with Crippen LogP contribution in [0.5, 0.6) is 5.75 Å². The van der Waals surface area contributed by atoms with Gasteiger partial charge in [0.2, 0.25) is 0 Å². The molecule has 108 valence electrons. The minimum Gasteiger partial charge on any atom is -0.492 e. The molecule has 1 aliphatic rings. The van der Waals surface area contributed by atoms with Gasteiger partial charge in [0.05, 0.1) is 11.1 Å². The molecule has 0 atom stereocenters. The van der Waals surface area contributed by atoms with Crippen molar-refractivity contribution < 1.29 is 13.9 Å². The molecule has 0 unspecified atom stereocenters. The van der Waals surface area contributed by atoms with Crippen LogP contribution in [0.15, 0.2) is 40.9 Å². The summed E-state index contributed by atoms with van der Waals surface area (Å²) < 4.78 is 19.5. The largest absolute Gasteiger partial charge is 0.492 e. The quantitative estimate of drug-likeness (QED) is 0.747. The number of ketones is 1. The first-order valence-electron chi connectivity index (χ1n) is 6.65. The van der Waals surface area contributed by atoms with E-state index >= 15 is 0 Å². The molecule has 2 aromatic rings. The van der Waals surface area contributed by atoms with Gasteiger partial charge in [-0.2, -0.15) is 0 Å². The molecule has 0 spiro atoms. The predicted octanol–water partition coefficient (Wildman–Crippen LogP) is 4.49. The summed E-state index contributed by atoms with van der Waals surface area (Å²) in [6, 6.07) is 9.80. The van der Waals surface area contributed by atoms with E-state index in [9.17, 15) is 9.18 Å². The third kappa shape index (κ3) is 2.48. The van der Waals surface area contributed by atoms with Crippen LogP contribution in [0.25, 0.3) is 0 Å². The van der Waals surface area contributed by atoms with Crippen LogP contribution in [0.1, 0.15) is 35.3 Å². The molecule has 1 heterocycles. The fourth-order valence-electron chi connectivity index (χ4n) is 2.47. The molecule has 3 rings (SSSR count). The standard InChI is InChI=1S/C17H14BrFO2/c1-17(2)9-21-15-6-4-10(7-12(15)17)16(20)11-3-5-13(18)14(19)8-11/h3-8H,9H2,1-2H3. The molecule has 0 aromatic heterocycles. The number of benzene rings is 2. The van der Waals surface area contributed by atoms with Crippen molar-refractivity contribution in [3.63, 3.8) is 0 Å². The first-order chi connectivity index (χ1) is 9.88. The van der Waals surface area contributed by atoms with E-state index in [1.165, 1.54) is 6.07 Å². The first-order valence-corrected chi connectivity index (χ1v) is 7.45. The smallest absolute Gasteiger partial charge is 0.193 e. The van der Waals surface area contributed by atoms with Gasteiger partial charge in [0.1, 0.15) is 11.6 Å². The Morgan fingerprint density at radius 1 is 1.19 bits per heavy atom. The van der Waals surface area contributed by atoms with E-state index in [1.807, 2.05) is 12.1 Å². The van der Waals surface area contributed by atoms with Gasteiger partial charge in [-0.05, 0) is 52.3 Å². The number of hydrogen-bond acceptors (Lipinski definition) is 2. The maximum absolute atomic E-state index is 13.6. The number of fused-ring (bicyclic) bond motifs is 1. The van der Waals surface area contributed by atoms with Crippen LogP contribution in [0, 0.1) is 5.82 Å². The van der Waals surface area contributed by atoms with Crippen LogP contribution < -0.4 is 4.74 Å². The topological polar surface area (TPSA) is 26.3 Å². The third-order valence-corrected chi connectivity index (χ3v) is 4.38. The minimum absolute atomic E-state index is 0.114. The molecule has 0 amide bonds. The number of carbonyl (C=O) groups excluding carboxylic acids is 1. The van der Waals surface area contributed by atoms with E-state index in [-0.39, 0.29) is 11.2 Å². The van der Waals surface area contributed by atoms with Crippen LogP contribution >= 0.6 is 15.9 Å². The van der Waals surface area contributed by atoms with Gasteiger partial charge in [0.25, 0.3) is 0 Å². The lowest BCUT2D eigenvalue weighted by Gasteiger charge is -2.15. The molecule has 0 aliphatic carbocycles. The van der Waals surface area contributed by atoms with Crippen molar-refractivity contribution in [2.75, 3.05) is 6.61 Å². The van der Waals surface area contributed by atoms with Crippen molar-refractivity contribution in [2.45, 2.75) is 19.3 Å². The second-order valence-corrected chi connectivity index (χ2v) is 6.70. The average Bonchev–Trinajstić information content (AvgIpc) is 2.76. The number of halogens is 2. The van der Waals surface area contributed by atoms with Gasteiger partial charge < -0.3 is 4.74 Å². The van der Waals surface area contributed by atoms with Crippen LogP contribution in [0.3, 0.4) is 0 Å². The zero-order valence-corrected chi connectivity index (χ0v) is 13.3. The van der Waals surface area contributed by atoms with Crippen LogP contribution in [0.4, 0.5) is 4.39 Å². The van der Waals surface area contributed by atoms with Crippen molar-refractivity contribution in [3.05, 3.63) is 63.4 Å². The molecule has 0 saturated heterocycles. The first kappa shape index (κ1) is 14.3. The molecule has 21 heavy (non-hydrogen) atoms. The van der Waals surface area contributed by atoms with Crippen molar-refractivity contribution in [2.24, 2.45) is 0 Å². The number of ether oxygens (including phenoxy) is 1.